The van der Waals surface area contributed by atoms with Gasteiger partial charge in [0.05, 0.1) is 23.6 Å². The highest BCUT2D eigenvalue weighted by Gasteiger charge is 2.22. The normalized spacial score (nSPS) is 17.2. The Bertz CT molecular complexity index is 1060. The number of hydrogen-bond acceptors (Lipinski definition) is 6. The number of hydrogen-bond donors (Lipinski definition) is 0. The van der Waals surface area contributed by atoms with Crippen LogP contribution in [0.3, 0.4) is 0 Å². The summed E-state index contributed by atoms with van der Waals surface area (Å²) >= 11 is 0. The maximum Gasteiger partial charge on any atom is 0.142 e. The van der Waals surface area contributed by atoms with E-state index >= 15 is 0 Å². The average Bonchev–Trinajstić information content (AvgIpc) is 2.86. The van der Waals surface area contributed by atoms with E-state index in [0.717, 1.165) is 82.7 Å². The van der Waals surface area contributed by atoms with Gasteiger partial charge >= 0.3 is 0 Å². The van der Waals surface area contributed by atoms with Crippen molar-refractivity contribution in [3.63, 3.8) is 0 Å². The zero-order chi connectivity index (χ0) is 24.9. The molecule has 1 atom stereocenters. The molecule has 0 saturated heterocycles. The minimum Gasteiger partial charge on any atom is -0.391 e. The molecule has 6 heteroatoms. The molecular weight excluding hydrogens is 434 g/mol. The van der Waals surface area contributed by atoms with Crippen LogP contribution in [0.15, 0.2) is 17.3 Å². The number of pyridine rings is 2. The molecule has 190 valence electrons. The molecular formula is C29H43N5O. The topological polar surface area (TPSA) is 53.9 Å². The molecule has 0 fully saturated rings. The zero-order valence-electron chi connectivity index (χ0n) is 22.7. The smallest absolute Gasteiger partial charge is 0.142 e. The van der Waals surface area contributed by atoms with E-state index < -0.39 is 0 Å². The third kappa shape index (κ3) is 6.21. The van der Waals surface area contributed by atoms with Gasteiger partial charge in [-0.25, -0.2) is 0 Å². The molecule has 6 nitrogen and oxygen atoms in total. The van der Waals surface area contributed by atoms with Crippen molar-refractivity contribution in [2.45, 2.75) is 92.7 Å². The molecule has 0 saturated carbocycles. The van der Waals surface area contributed by atoms with Crippen molar-refractivity contribution < 1.29 is 4.84 Å². The van der Waals surface area contributed by atoms with E-state index in [2.05, 4.69) is 68.6 Å². The first-order valence-electron chi connectivity index (χ1n) is 13.5. The Morgan fingerprint density at radius 3 is 2.69 bits per heavy atom. The summed E-state index contributed by atoms with van der Waals surface area (Å²) in [4.78, 5) is 20.7. The van der Waals surface area contributed by atoms with Gasteiger partial charge in [-0.2, -0.15) is 0 Å². The standard InChI is InChI=1S/C29H43N5O/c1-7-24-17-25-19-33(15-12-27(25)31-26(24)8-2)14-11-21(4)32-35-22(5)18-34-13-9-10-28-29(34)16-20(3)23(6)30-28/h16-17,22H,7-15,18-19H2,1-6H3. The fraction of sp³-hybridized carbons (Fsp3) is 0.621. The van der Waals surface area contributed by atoms with E-state index in [9.17, 15) is 0 Å². The molecule has 0 N–H and O–H groups in total. The molecule has 2 aromatic heterocycles. The maximum absolute atomic E-state index is 5.92. The van der Waals surface area contributed by atoms with E-state index in [1.165, 1.54) is 39.5 Å². The van der Waals surface area contributed by atoms with Gasteiger partial charge in [-0.3, -0.25) is 14.9 Å². The van der Waals surface area contributed by atoms with E-state index in [1.54, 1.807) is 0 Å². The summed E-state index contributed by atoms with van der Waals surface area (Å²) in [6.07, 6.45) is 6.30. The maximum atomic E-state index is 5.92. The molecule has 35 heavy (non-hydrogen) atoms. The molecule has 1 unspecified atom stereocenters. The molecule has 2 aliphatic rings. The van der Waals surface area contributed by atoms with Gasteiger partial charge < -0.3 is 9.74 Å². The van der Waals surface area contributed by atoms with Crippen LogP contribution in [0.5, 0.6) is 0 Å². The first-order valence-corrected chi connectivity index (χ1v) is 13.5. The lowest BCUT2D eigenvalue weighted by molar-refractivity contribution is 0.0759. The summed E-state index contributed by atoms with van der Waals surface area (Å²) in [6.45, 7) is 17.8. The highest BCUT2D eigenvalue weighted by atomic mass is 16.6. The van der Waals surface area contributed by atoms with Gasteiger partial charge in [0.15, 0.2) is 0 Å². The number of aryl methyl sites for hydroxylation is 5. The summed E-state index contributed by atoms with van der Waals surface area (Å²) in [5.74, 6) is 0. The average molecular weight is 478 g/mol. The van der Waals surface area contributed by atoms with Crippen LogP contribution < -0.4 is 4.90 Å². The van der Waals surface area contributed by atoms with Gasteiger partial charge in [0.1, 0.15) is 6.10 Å². The summed E-state index contributed by atoms with van der Waals surface area (Å²) in [6, 6.07) is 4.69. The van der Waals surface area contributed by atoms with Crippen LogP contribution >= 0.6 is 0 Å². The van der Waals surface area contributed by atoms with Crippen LogP contribution in [0, 0.1) is 13.8 Å². The van der Waals surface area contributed by atoms with Crippen LogP contribution in [0.1, 0.15) is 80.0 Å². The van der Waals surface area contributed by atoms with Crippen molar-refractivity contribution in [2.75, 3.05) is 31.1 Å². The second-order valence-corrected chi connectivity index (χ2v) is 10.3. The van der Waals surface area contributed by atoms with Crippen LogP contribution in [-0.4, -0.2) is 52.9 Å². The van der Waals surface area contributed by atoms with E-state index in [4.69, 9.17) is 14.8 Å². The van der Waals surface area contributed by atoms with Crippen molar-refractivity contribution in [2.24, 2.45) is 5.16 Å². The van der Waals surface area contributed by atoms with Gasteiger partial charge in [0.25, 0.3) is 0 Å². The van der Waals surface area contributed by atoms with E-state index in [1.807, 2.05) is 0 Å². The molecule has 0 radical (unpaired) electrons. The Kier molecular flexibility index (Phi) is 8.42. The van der Waals surface area contributed by atoms with Crippen molar-refractivity contribution >= 4 is 11.4 Å². The first kappa shape index (κ1) is 25.6. The summed E-state index contributed by atoms with van der Waals surface area (Å²) < 4.78 is 0. The largest absolute Gasteiger partial charge is 0.391 e. The molecule has 2 aromatic rings. The monoisotopic (exact) mass is 477 g/mol. The number of rotatable bonds is 9. The summed E-state index contributed by atoms with van der Waals surface area (Å²) in [7, 11) is 0. The first-order chi connectivity index (χ1) is 16.9. The van der Waals surface area contributed by atoms with Gasteiger partial charge in [0, 0.05) is 56.1 Å². The zero-order valence-corrected chi connectivity index (χ0v) is 22.7. The Labute approximate surface area is 211 Å². The molecule has 0 aromatic carbocycles. The van der Waals surface area contributed by atoms with Crippen LogP contribution in [0.25, 0.3) is 0 Å². The highest BCUT2D eigenvalue weighted by molar-refractivity contribution is 5.81. The number of nitrogens with zero attached hydrogens (tertiary/aromatic N) is 5. The minimum absolute atomic E-state index is 0.0330. The fourth-order valence-corrected chi connectivity index (χ4v) is 5.26. The SMILES string of the molecule is CCc1cc2c(nc1CC)CCN(CCC(C)=NOC(C)CN1CCCc3nc(C)c(C)cc31)C2. The van der Waals surface area contributed by atoms with Crippen LogP contribution in [-0.2, 0) is 37.1 Å². The summed E-state index contributed by atoms with van der Waals surface area (Å²) in [5, 5.41) is 4.49. The van der Waals surface area contributed by atoms with Crippen LogP contribution in [0.2, 0.25) is 0 Å². The molecule has 2 aliphatic heterocycles. The van der Waals surface area contributed by atoms with E-state index in [-0.39, 0.29) is 6.10 Å². The fourth-order valence-electron chi connectivity index (χ4n) is 5.26. The number of aromatic nitrogens is 2. The predicted molar refractivity (Wildman–Crippen MR) is 144 cm³/mol. The Morgan fingerprint density at radius 1 is 1.09 bits per heavy atom. The Balaban J connectivity index is 1.27. The number of anilines is 1. The highest BCUT2D eigenvalue weighted by Crippen LogP contribution is 2.28. The van der Waals surface area contributed by atoms with Gasteiger partial charge in [0.2, 0.25) is 0 Å². The molecule has 4 heterocycles. The quantitative estimate of drug-likeness (QED) is 0.367. The summed E-state index contributed by atoms with van der Waals surface area (Å²) in [5.41, 5.74) is 11.3. The number of fused-ring (bicyclic) bond motifs is 2. The Morgan fingerprint density at radius 2 is 1.91 bits per heavy atom. The lowest BCUT2D eigenvalue weighted by Gasteiger charge is -2.32. The molecule has 0 aliphatic carbocycles. The lowest BCUT2D eigenvalue weighted by atomic mass is 9.99. The second-order valence-electron chi connectivity index (χ2n) is 10.3. The lowest BCUT2D eigenvalue weighted by Crippen LogP contribution is -2.36. The molecule has 0 spiro atoms. The van der Waals surface area contributed by atoms with Gasteiger partial charge in [-0.05, 0) is 76.1 Å². The van der Waals surface area contributed by atoms with E-state index in [0.29, 0.717) is 0 Å². The second kappa shape index (κ2) is 11.5. The van der Waals surface area contributed by atoms with Crippen molar-refractivity contribution in [3.05, 3.63) is 51.6 Å². The number of oxime groups is 1. The van der Waals surface area contributed by atoms with Crippen molar-refractivity contribution in [1.29, 1.82) is 0 Å². The Hall–Kier alpha value is -2.47. The third-order valence-corrected chi connectivity index (χ3v) is 7.49. The minimum atomic E-state index is 0.0330. The third-order valence-electron chi connectivity index (χ3n) is 7.49. The molecule has 0 bridgehead atoms. The predicted octanol–water partition coefficient (Wildman–Crippen LogP) is 5.20. The van der Waals surface area contributed by atoms with Gasteiger partial charge in [-0.1, -0.05) is 25.1 Å². The molecule has 0 amide bonds. The van der Waals surface area contributed by atoms with Crippen molar-refractivity contribution in [1.82, 2.24) is 14.9 Å². The molecule has 4 rings (SSSR count). The van der Waals surface area contributed by atoms with Crippen molar-refractivity contribution in [3.8, 4) is 0 Å². The van der Waals surface area contributed by atoms with Crippen LogP contribution in [0.4, 0.5) is 5.69 Å². The van der Waals surface area contributed by atoms with Gasteiger partial charge in [-0.15, -0.1) is 0 Å².